The molecule has 0 saturated carbocycles. The van der Waals surface area contributed by atoms with Gasteiger partial charge >= 0.3 is 0 Å². The number of aryl methyl sites for hydroxylation is 1. The standard InChI is InChI=1S/C22H27BrN2O2S/c1-4-24-22(27)17(3)25(13-19-7-5-6-16(2)12-19)21(26)15-28-14-18-8-10-20(23)11-9-18/h5-12,17H,4,13-15H2,1-3H3,(H,24,27). The monoisotopic (exact) mass is 462 g/mol. The first-order chi connectivity index (χ1) is 13.4. The van der Waals surface area contributed by atoms with Crippen molar-refractivity contribution in [3.8, 4) is 0 Å². The zero-order valence-electron chi connectivity index (χ0n) is 16.6. The molecule has 0 radical (unpaired) electrons. The third kappa shape index (κ3) is 6.99. The summed E-state index contributed by atoms with van der Waals surface area (Å²) >= 11 is 5.00. The van der Waals surface area contributed by atoms with E-state index in [-0.39, 0.29) is 11.8 Å². The summed E-state index contributed by atoms with van der Waals surface area (Å²) in [4.78, 5) is 27.0. The van der Waals surface area contributed by atoms with Crippen molar-refractivity contribution in [3.63, 3.8) is 0 Å². The smallest absolute Gasteiger partial charge is 0.242 e. The first-order valence-electron chi connectivity index (χ1n) is 9.35. The molecule has 0 bridgehead atoms. The summed E-state index contributed by atoms with van der Waals surface area (Å²) in [7, 11) is 0. The molecule has 6 heteroatoms. The largest absolute Gasteiger partial charge is 0.355 e. The van der Waals surface area contributed by atoms with Crippen molar-refractivity contribution in [1.82, 2.24) is 10.2 Å². The molecule has 1 atom stereocenters. The molecule has 0 aliphatic rings. The van der Waals surface area contributed by atoms with Crippen LogP contribution in [-0.4, -0.2) is 35.1 Å². The number of nitrogens with one attached hydrogen (secondary N) is 1. The quantitative estimate of drug-likeness (QED) is 0.594. The number of halogens is 1. The lowest BCUT2D eigenvalue weighted by molar-refractivity contribution is -0.138. The van der Waals surface area contributed by atoms with Crippen LogP contribution in [0.3, 0.4) is 0 Å². The molecule has 0 aliphatic heterocycles. The van der Waals surface area contributed by atoms with Crippen LogP contribution in [0.4, 0.5) is 0 Å². The van der Waals surface area contributed by atoms with Gasteiger partial charge in [-0.15, -0.1) is 11.8 Å². The molecular weight excluding hydrogens is 436 g/mol. The van der Waals surface area contributed by atoms with Gasteiger partial charge in [0.1, 0.15) is 6.04 Å². The van der Waals surface area contributed by atoms with Crippen LogP contribution in [0.25, 0.3) is 0 Å². The molecule has 28 heavy (non-hydrogen) atoms. The normalized spacial score (nSPS) is 11.7. The van der Waals surface area contributed by atoms with Crippen LogP contribution in [0.5, 0.6) is 0 Å². The van der Waals surface area contributed by atoms with E-state index in [1.807, 2.05) is 56.3 Å². The lowest BCUT2D eigenvalue weighted by Crippen LogP contribution is -2.48. The molecule has 1 unspecified atom stereocenters. The van der Waals surface area contributed by atoms with Crippen LogP contribution in [0.15, 0.2) is 53.0 Å². The van der Waals surface area contributed by atoms with Gasteiger partial charge in [-0.3, -0.25) is 9.59 Å². The minimum Gasteiger partial charge on any atom is -0.355 e. The van der Waals surface area contributed by atoms with E-state index in [0.29, 0.717) is 18.8 Å². The predicted octanol–water partition coefficient (Wildman–Crippen LogP) is 4.54. The van der Waals surface area contributed by atoms with Crippen LogP contribution < -0.4 is 5.32 Å². The molecular formula is C22H27BrN2O2S. The van der Waals surface area contributed by atoms with Gasteiger partial charge in [-0.1, -0.05) is 57.9 Å². The summed E-state index contributed by atoms with van der Waals surface area (Å²) in [5.74, 6) is 0.946. The van der Waals surface area contributed by atoms with Gasteiger partial charge in [0.25, 0.3) is 0 Å². The summed E-state index contributed by atoms with van der Waals surface area (Å²) in [6, 6.07) is 15.6. The van der Waals surface area contributed by atoms with Crippen molar-refractivity contribution in [3.05, 3.63) is 69.7 Å². The van der Waals surface area contributed by atoms with Crippen LogP contribution in [0.2, 0.25) is 0 Å². The third-order valence-electron chi connectivity index (χ3n) is 4.36. The molecule has 0 aliphatic carbocycles. The molecule has 4 nitrogen and oxygen atoms in total. The van der Waals surface area contributed by atoms with Gasteiger partial charge in [-0.25, -0.2) is 0 Å². The molecule has 0 fully saturated rings. The Hall–Kier alpha value is -1.79. The fourth-order valence-corrected chi connectivity index (χ4v) is 3.97. The summed E-state index contributed by atoms with van der Waals surface area (Å²) in [6.07, 6.45) is 0. The van der Waals surface area contributed by atoms with Crippen molar-refractivity contribution in [2.45, 2.75) is 39.1 Å². The van der Waals surface area contributed by atoms with Gasteiger partial charge < -0.3 is 10.2 Å². The number of nitrogens with zero attached hydrogens (tertiary/aromatic N) is 1. The van der Waals surface area contributed by atoms with Crippen LogP contribution in [0.1, 0.15) is 30.5 Å². The van der Waals surface area contributed by atoms with E-state index >= 15 is 0 Å². The van der Waals surface area contributed by atoms with Crippen LogP contribution >= 0.6 is 27.7 Å². The summed E-state index contributed by atoms with van der Waals surface area (Å²) in [5, 5.41) is 2.82. The number of carbonyl (C=O) groups excluding carboxylic acids is 2. The maximum absolute atomic E-state index is 12.9. The second-order valence-electron chi connectivity index (χ2n) is 6.70. The maximum atomic E-state index is 12.9. The predicted molar refractivity (Wildman–Crippen MR) is 120 cm³/mol. The highest BCUT2D eigenvalue weighted by molar-refractivity contribution is 9.10. The second kappa shape index (κ2) is 11.3. The van der Waals surface area contributed by atoms with E-state index in [1.165, 1.54) is 5.56 Å². The summed E-state index contributed by atoms with van der Waals surface area (Å²) < 4.78 is 1.04. The van der Waals surface area contributed by atoms with Crippen molar-refractivity contribution >= 4 is 39.5 Å². The number of rotatable bonds is 9. The van der Waals surface area contributed by atoms with Crippen molar-refractivity contribution in [2.75, 3.05) is 12.3 Å². The Balaban J connectivity index is 2.04. The van der Waals surface area contributed by atoms with Crippen LogP contribution in [0, 0.1) is 6.92 Å². The van der Waals surface area contributed by atoms with E-state index in [1.54, 1.807) is 23.6 Å². The third-order valence-corrected chi connectivity index (χ3v) is 5.88. The first-order valence-corrected chi connectivity index (χ1v) is 11.3. The molecule has 0 saturated heterocycles. The first kappa shape index (κ1) is 22.5. The Labute approximate surface area is 180 Å². The molecule has 2 rings (SSSR count). The highest BCUT2D eigenvalue weighted by atomic mass is 79.9. The molecule has 1 N–H and O–H groups in total. The number of hydrogen-bond donors (Lipinski definition) is 1. The number of amides is 2. The number of benzene rings is 2. The Morgan fingerprint density at radius 3 is 2.50 bits per heavy atom. The van der Waals surface area contributed by atoms with E-state index in [0.717, 1.165) is 21.4 Å². The number of likely N-dealkylation sites (N-methyl/N-ethyl adjacent to an activating group) is 1. The summed E-state index contributed by atoms with van der Waals surface area (Å²) in [5.41, 5.74) is 3.34. The maximum Gasteiger partial charge on any atom is 0.242 e. The van der Waals surface area contributed by atoms with E-state index in [4.69, 9.17) is 0 Å². The van der Waals surface area contributed by atoms with Crippen molar-refractivity contribution in [1.29, 1.82) is 0 Å². The SMILES string of the molecule is CCNC(=O)C(C)N(Cc1cccc(C)c1)C(=O)CSCc1ccc(Br)cc1. The Kier molecular flexibility index (Phi) is 9.06. The minimum atomic E-state index is -0.513. The molecule has 2 aromatic carbocycles. The van der Waals surface area contributed by atoms with Crippen molar-refractivity contribution < 1.29 is 9.59 Å². The van der Waals surface area contributed by atoms with Gasteiger partial charge in [-0.2, -0.15) is 0 Å². The Bertz CT molecular complexity index is 795. The lowest BCUT2D eigenvalue weighted by atomic mass is 10.1. The Morgan fingerprint density at radius 1 is 1.14 bits per heavy atom. The fourth-order valence-electron chi connectivity index (χ4n) is 2.83. The average Bonchev–Trinajstić information content (AvgIpc) is 2.67. The average molecular weight is 463 g/mol. The molecule has 2 aromatic rings. The zero-order chi connectivity index (χ0) is 20.5. The topological polar surface area (TPSA) is 49.4 Å². The molecule has 0 heterocycles. The lowest BCUT2D eigenvalue weighted by Gasteiger charge is -2.28. The minimum absolute atomic E-state index is 0.0256. The van der Waals surface area contributed by atoms with Gasteiger partial charge in [-0.05, 0) is 44.0 Å². The molecule has 150 valence electrons. The van der Waals surface area contributed by atoms with Crippen LogP contribution in [-0.2, 0) is 21.9 Å². The molecule has 0 spiro atoms. The fraction of sp³-hybridized carbons (Fsp3) is 0.364. The van der Waals surface area contributed by atoms with Gasteiger partial charge in [0, 0.05) is 23.3 Å². The highest BCUT2D eigenvalue weighted by Gasteiger charge is 2.25. The zero-order valence-corrected chi connectivity index (χ0v) is 19.0. The van der Waals surface area contributed by atoms with E-state index in [9.17, 15) is 9.59 Å². The van der Waals surface area contributed by atoms with Gasteiger partial charge in [0.2, 0.25) is 11.8 Å². The van der Waals surface area contributed by atoms with Crippen molar-refractivity contribution in [2.24, 2.45) is 0 Å². The Morgan fingerprint density at radius 2 is 1.86 bits per heavy atom. The van der Waals surface area contributed by atoms with Gasteiger partial charge in [0.05, 0.1) is 5.75 Å². The number of hydrogen-bond acceptors (Lipinski definition) is 3. The molecule has 0 aromatic heterocycles. The van der Waals surface area contributed by atoms with Gasteiger partial charge in [0.15, 0.2) is 0 Å². The highest BCUT2D eigenvalue weighted by Crippen LogP contribution is 2.18. The summed E-state index contributed by atoms with van der Waals surface area (Å²) in [6.45, 7) is 6.67. The molecule has 2 amide bonds. The number of carbonyl (C=O) groups is 2. The van der Waals surface area contributed by atoms with E-state index in [2.05, 4.69) is 27.3 Å². The van der Waals surface area contributed by atoms with E-state index < -0.39 is 6.04 Å². The second-order valence-corrected chi connectivity index (χ2v) is 8.60. The number of thioether (sulfide) groups is 1.